The number of piperidine rings is 1. The molecule has 0 bridgehead atoms. The Balaban J connectivity index is 0.00000281. The molecule has 0 saturated carbocycles. The minimum atomic E-state index is -0.671. The number of hydrogen-bond donors (Lipinski definition) is 1. The van der Waals surface area contributed by atoms with E-state index in [0.29, 0.717) is 35.9 Å². The van der Waals surface area contributed by atoms with Gasteiger partial charge in [0.15, 0.2) is 34.5 Å². The van der Waals surface area contributed by atoms with Crippen molar-refractivity contribution in [3.63, 3.8) is 0 Å². The number of para-hydroxylation sites is 2. The fraction of sp³-hybridized carbons (Fsp3) is 0.538. The molecule has 0 aromatic heterocycles. The number of fused-ring (bicyclic) bond motifs is 4. The first-order chi connectivity index (χ1) is 23.4. The normalized spacial score (nSPS) is 22.0. The number of halogens is 2. The molecule has 1 unspecified atom stereocenters. The van der Waals surface area contributed by atoms with Crippen LogP contribution in [0.25, 0.3) is 0 Å². The molecule has 3 aliphatic heterocycles. The first kappa shape index (κ1) is 39.7. The molecule has 5 atom stereocenters. The third-order valence-electron chi connectivity index (χ3n) is 10.9. The minimum absolute atomic E-state index is 0. The van der Waals surface area contributed by atoms with E-state index in [2.05, 4.69) is 41.0 Å². The lowest BCUT2D eigenvalue weighted by atomic mass is 9.72. The number of ether oxygens (including phenoxy) is 6. The van der Waals surface area contributed by atoms with Crippen LogP contribution in [0.1, 0.15) is 60.5 Å². The van der Waals surface area contributed by atoms with Crippen LogP contribution in [0.3, 0.4) is 0 Å². The van der Waals surface area contributed by atoms with E-state index in [4.69, 9.17) is 28.4 Å². The molecule has 11 heteroatoms. The zero-order valence-corrected chi connectivity index (χ0v) is 31.8. The highest BCUT2D eigenvalue weighted by Crippen LogP contribution is 2.49. The second-order valence-electron chi connectivity index (χ2n) is 13.3. The van der Waals surface area contributed by atoms with Crippen molar-refractivity contribution in [1.82, 2.24) is 9.80 Å². The summed E-state index contributed by atoms with van der Waals surface area (Å²) >= 11 is 0. The van der Waals surface area contributed by atoms with Gasteiger partial charge in [-0.25, -0.2) is 0 Å². The van der Waals surface area contributed by atoms with Crippen LogP contribution in [0.15, 0.2) is 48.5 Å². The maximum Gasteiger partial charge on any atom is 0.161 e. The summed E-state index contributed by atoms with van der Waals surface area (Å²) in [6, 6.07) is 16.7. The Morgan fingerprint density at radius 3 is 1.90 bits per heavy atom. The van der Waals surface area contributed by atoms with Crippen molar-refractivity contribution in [3.05, 3.63) is 70.8 Å². The third-order valence-corrected chi connectivity index (χ3v) is 10.9. The van der Waals surface area contributed by atoms with Crippen LogP contribution in [-0.2, 0) is 12.8 Å². The summed E-state index contributed by atoms with van der Waals surface area (Å²) in [5.74, 6) is 5.46. The third kappa shape index (κ3) is 8.18. The topological polar surface area (TPSA) is 82.1 Å². The van der Waals surface area contributed by atoms with Crippen LogP contribution in [0.4, 0.5) is 0 Å². The monoisotopic (exact) mass is 732 g/mol. The van der Waals surface area contributed by atoms with Crippen LogP contribution < -0.4 is 28.4 Å². The van der Waals surface area contributed by atoms with E-state index in [9.17, 15) is 5.11 Å². The van der Waals surface area contributed by atoms with E-state index >= 15 is 0 Å². The lowest BCUT2D eigenvalue weighted by Gasteiger charge is -2.49. The zero-order valence-electron chi connectivity index (χ0n) is 30.2. The molecular formula is C39H54Cl2N2O7. The molecule has 6 rings (SSSR count). The summed E-state index contributed by atoms with van der Waals surface area (Å²) in [4.78, 5) is 5.16. The molecule has 1 N–H and O–H groups in total. The Morgan fingerprint density at radius 2 is 1.28 bits per heavy atom. The Morgan fingerprint density at radius 1 is 0.720 bits per heavy atom. The number of hydrogen-bond acceptors (Lipinski definition) is 9. The number of nitrogens with zero attached hydrogens (tertiary/aromatic N) is 2. The zero-order chi connectivity index (χ0) is 33.8. The van der Waals surface area contributed by atoms with Crippen molar-refractivity contribution >= 4 is 24.8 Å². The number of β-amino-alcohol motifs (C(OH)–C–C–N with tert-alkyl or cyclic N) is 1. The summed E-state index contributed by atoms with van der Waals surface area (Å²) in [5.41, 5.74) is 5.29. The molecule has 3 aromatic carbocycles. The van der Waals surface area contributed by atoms with Gasteiger partial charge in [-0.05, 0) is 96.2 Å². The summed E-state index contributed by atoms with van der Waals surface area (Å²) < 4.78 is 34.4. The molecule has 1 fully saturated rings. The Hall–Kier alpha value is -3.08. The highest BCUT2D eigenvalue weighted by Gasteiger charge is 2.41. The second kappa shape index (κ2) is 17.9. The first-order valence-corrected chi connectivity index (χ1v) is 17.3. The number of aliphatic hydroxyl groups is 1. The molecule has 0 aliphatic carbocycles. The molecule has 0 spiro atoms. The first-order valence-electron chi connectivity index (χ1n) is 17.3. The van der Waals surface area contributed by atoms with Crippen molar-refractivity contribution in [2.24, 2.45) is 11.8 Å². The lowest BCUT2D eigenvalue weighted by molar-refractivity contribution is 0.0138. The fourth-order valence-corrected chi connectivity index (χ4v) is 8.36. The molecule has 0 amide bonds. The maximum absolute atomic E-state index is 11.4. The summed E-state index contributed by atoms with van der Waals surface area (Å²) in [5, 5.41) is 11.4. The predicted octanol–water partition coefficient (Wildman–Crippen LogP) is 6.95. The smallest absolute Gasteiger partial charge is 0.161 e. The van der Waals surface area contributed by atoms with Gasteiger partial charge < -0.3 is 33.5 Å². The van der Waals surface area contributed by atoms with Gasteiger partial charge in [-0.3, -0.25) is 9.80 Å². The number of benzene rings is 3. The molecule has 0 radical (unpaired) electrons. The van der Waals surface area contributed by atoms with Crippen molar-refractivity contribution < 1.29 is 33.5 Å². The summed E-state index contributed by atoms with van der Waals surface area (Å²) in [6.07, 6.45) is 4.43. The molecule has 50 heavy (non-hydrogen) atoms. The van der Waals surface area contributed by atoms with Gasteiger partial charge in [0.2, 0.25) is 0 Å². The van der Waals surface area contributed by atoms with Crippen LogP contribution in [0, 0.1) is 11.8 Å². The van der Waals surface area contributed by atoms with Gasteiger partial charge in [0.25, 0.3) is 0 Å². The number of methoxy groups -OCH3 is 5. The molecule has 3 aliphatic rings. The van der Waals surface area contributed by atoms with E-state index in [1.807, 2.05) is 24.3 Å². The fourth-order valence-electron chi connectivity index (χ4n) is 8.36. The standard InChI is InChI=1S/C39H52N2O7.2ClH/c1-7-25-22-40-14-12-26-18-36(44-3)38(46-5)20-30(26)32(40)16-28(25)17-33-31-21-39(47-6)37(45-4)19-27(31)13-15-41(33)23-29(42)24-48-35-11-9-8-10-34(35)43-2;;/h8-11,18-21,25,28-29,32-33,42H,7,12-17,22-24H2,1-6H3;2*1H/t25-,28+,29?,32-,33+;;/m0../s1. The average molecular weight is 734 g/mol. The Labute approximate surface area is 309 Å². The van der Waals surface area contributed by atoms with Crippen molar-refractivity contribution in [3.8, 4) is 34.5 Å². The van der Waals surface area contributed by atoms with Crippen LogP contribution in [0.2, 0.25) is 0 Å². The molecular weight excluding hydrogens is 679 g/mol. The average Bonchev–Trinajstić information content (AvgIpc) is 3.13. The van der Waals surface area contributed by atoms with Crippen LogP contribution >= 0.6 is 24.8 Å². The minimum Gasteiger partial charge on any atom is -0.493 e. The van der Waals surface area contributed by atoms with Gasteiger partial charge in [-0.1, -0.05) is 25.5 Å². The predicted molar refractivity (Wildman–Crippen MR) is 201 cm³/mol. The second-order valence-corrected chi connectivity index (χ2v) is 13.3. The SMILES string of the molecule is CC[C@H]1CN2CCc3cc(OC)c(OC)cc3[C@@H]2C[C@@H]1C[C@@H]1c2cc(OC)c(OC)cc2CCN1CC(O)COc1ccccc1OC.Cl.Cl. The Kier molecular flexibility index (Phi) is 14.2. The van der Waals surface area contributed by atoms with Crippen LogP contribution in [0.5, 0.6) is 34.5 Å². The highest BCUT2D eigenvalue weighted by molar-refractivity contribution is 5.85. The lowest BCUT2D eigenvalue weighted by Crippen LogP contribution is -2.48. The Bertz CT molecular complexity index is 1560. The number of aliphatic hydroxyl groups excluding tert-OH is 1. The van der Waals surface area contributed by atoms with Crippen molar-refractivity contribution in [2.45, 2.75) is 57.2 Å². The molecule has 3 aromatic rings. The molecule has 1 saturated heterocycles. The number of rotatable bonds is 13. The van der Waals surface area contributed by atoms with E-state index in [1.165, 1.54) is 22.3 Å². The largest absolute Gasteiger partial charge is 0.493 e. The molecule has 276 valence electrons. The van der Waals surface area contributed by atoms with Gasteiger partial charge in [0.05, 0.1) is 35.5 Å². The highest BCUT2D eigenvalue weighted by atomic mass is 35.5. The molecule has 9 nitrogen and oxygen atoms in total. The van der Waals surface area contributed by atoms with E-state index in [-0.39, 0.29) is 37.5 Å². The van der Waals surface area contributed by atoms with Crippen LogP contribution in [-0.4, -0.2) is 89.3 Å². The van der Waals surface area contributed by atoms with Gasteiger partial charge >= 0.3 is 0 Å². The van der Waals surface area contributed by atoms with Gasteiger partial charge in [-0.2, -0.15) is 0 Å². The van der Waals surface area contributed by atoms with E-state index in [1.54, 1.807) is 35.5 Å². The summed E-state index contributed by atoms with van der Waals surface area (Å²) in [6.45, 7) is 6.01. The molecule has 3 heterocycles. The van der Waals surface area contributed by atoms with Crippen molar-refractivity contribution in [1.29, 1.82) is 0 Å². The van der Waals surface area contributed by atoms with Crippen molar-refractivity contribution in [2.75, 3.05) is 68.3 Å². The van der Waals surface area contributed by atoms with E-state index in [0.717, 1.165) is 74.7 Å². The van der Waals surface area contributed by atoms with Gasteiger partial charge in [0.1, 0.15) is 12.7 Å². The quantitative estimate of drug-likeness (QED) is 0.201. The van der Waals surface area contributed by atoms with E-state index < -0.39 is 6.10 Å². The van der Waals surface area contributed by atoms with Gasteiger partial charge in [-0.15, -0.1) is 24.8 Å². The van der Waals surface area contributed by atoms with Gasteiger partial charge in [0, 0.05) is 38.3 Å². The maximum atomic E-state index is 11.4. The summed E-state index contributed by atoms with van der Waals surface area (Å²) in [7, 11) is 8.45.